The number of hydrogen-bond acceptors (Lipinski definition) is 1. The van der Waals surface area contributed by atoms with Crippen molar-refractivity contribution in [1.29, 1.82) is 0 Å². The molecule has 1 atom stereocenters. The van der Waals surface area contributed by atoms with Crippen molar-refractivity contribution in [2.24, 2.45) is 5.92 Å². The van der Waals surface area contributed by atoms with Crippen LogP contribution in [-0.4, -0.2) is 30.1 Å². The predicted molar refractivity (Wildman–Crippen MR) is 73.6 cm³/mol. The zero-order chi connectivity index (χ0) is 14.9. The first kappa shape index (κ1) is 15.4. The normalized spacial score (nSPS) is 20.1. The Morgan fingerprint density at radius 2 is 2.10 bits per heavy atom. The van der Waals surface area contributed by atoms with Crippen molar-refractivity contribution in [1.82, 2.24) is 4.90 Å². The van der Waals surface area contributed by atoms with Crippen molar-refractivity contribution in [3.63, 3.8) is 0 Å². The van der Waals surface area contributed by atoms with Crippen LogP contribution in [0.2, 0.25) is 0 Å². The molecular weight excluding hydrogens is 335 g/mol. The third-order valence-corrected chi connectivity index (χ3v) is 4.22. The zero-order valence-corrected chi connectivity index (χ0v) is 12.6. The SMILES string of the molecule is Cc1ccc(Br)c(C(=O)N2CCCC(C(F)(F)F)C2)c1. The van der Waals surface area contributed by atoms with Gasteiger partial charge in [-0.1, -0.05) is 11.6 Å². The lowest BCUT2D eigenvalue weighted by atomic mass is 9.96. The van der Waals surface area contributed by atoms with Gasteiger partial charge in [-0.2, -0.15) is 13.2 Å². The summed E-state index contributed by atoms with van der Waals surface area (Å²) in [4.78, 5) is 13.7. The standard InChI is InChI=1S/C14H15BrF3NO/c1-9-4-5-12(15)11(7-9)13(20)19-6-2-3-10(8-19)14(16,17)18/h4-5,7,10H,2-3,6,8H2,1H3. The first-order valence-electron chi connectivity index (χ1n) is 6.41. The molecule has 6 heteroatoms. The molecule has 0 aromatic heterocycles. The Balaban J connectivity index is 2.18. The van der Waals surface area contributed by atoms with Crippen LogP contribution in [0.25, 0.3) is 0 Å². The van der Waals surface area contributed by atoms with E-state index in [2.05, 4.69) is 15.9 Å². The number of carbonyl (C=O) groups excluding carboxylic acids is 1. The monoisotopic (exact) mass is 349 g/mol. The highest BCUT2D eigenvalue weighted by Crippen LogP contribution is 2.34. The van der Waals surface area contributed by atoms with E-state index in [0.717, 1.165) is 5.56 Å². The topological polar surface area (TPSA) is 20.3 Å². The average Bonchev–Trinajstić information content (AvgIpc) is 2.40. The molecule has 1 aromatic carbocycles. The number of rotatable bonds is 1. The molecule has 1 unspecified atom stereocenters. The molecule has 2 nitrogen and oxygen atoms in total. The molecule has 1 amide bonds. The fourth-order valence-corrected chi connectivity index (χ4v) is 2.82. The van der Waals surface area contributed by atoms with Crippen molar-refractivity contribution in [3.05, 3.63) is 33.8 Å². The summed E-state index contributed by atoms with van der Waals surface area (Å²) in [6.07, 6.45) is -3.75. The van der Waals surface area contributed by atoms with Gasteiger partial charge >= 0.3 is 6.18 Å². The van der Waals surface area contributed by atoms with E-state index < -0.39 is 12.1 Å². The van der Waals surface area contributed by atoms with Gasteiger partial charge in [0.05, 0.1) is 11.5 Å². The number of amides is 1. The second-order valence-corrected chi connectivity index (χ2v) is 5.97. The fourth-order valence-electron chi connectivity index (χ4n) is 2.40. The molecule has 0 N–H and O–H groups in total. The molecule has 1 saturated heterocycles. The summed E-state index contributed by atoms with van der Waals surface area (Å²) in [7, 11) is 0. The van der Waals surface area contributed by atoms with Crippen LogP contribution < -0.4 is 0 Å². The van der Waals surface area contributed by atoms with Gasteiger partial charge < -0.3 is 4.90 Å². The Labute approximate surface area is 124 Å². The van der Waals surface area contributed by atoms with Gasteiger partial charge in [0, 0.05) is 17.6 Å². The summed E-state index contributed by atoms with van der Waals surface area (Å²) in [6, 6.07) is 5.28. The van der Waals surface area contributed by atoms with E-state index in [4.69, 9.17) is 0 Å². The Hall–Kier alpha value is -1.04. The van der Waals surface area contributed by atoms with E-state index in [-0.39, 0.29) is 18.9 Å². The number of nitrogens with zero attached hydrogens (tertiary/aromatic N) is 1. The van der Waals surface area contributed by atoms with Crippen LogP contribution in [0, 0.1) is 12.8 Å². The molecule has 20 heavy (non-hydrogen) atoms. The number of aryl methyl sites for hydroxylation is 1. The third kappa shape index (κ3) is 3.34. The van der Waals surface area contributed by atoms with Gasteiger partial charge in [0.1, 0.15) is 0 Å². The van der Waals surface area contributed by atoms with Gasteiger partial charge in [0.25, 0.3) is 5.91 Å². The van der Waals surface area contributed by atoms with E-state index >= 15 is 0 Å². The number of piperidine rings is 1. The van der Waals surface area contributed by atoms with Crippen molar-refractivity contribution in [2.75, 3.05) is 13.1 Å². The first-order chi connectivity index (χ1) is 9.29. The van der Waals surface area contributed by atoms with Crippen LogP contribution in [0.4, 0.5) is 13.2 Å². The van der Waals surface area contributed by atoms with E-state index in [1.165, 1.54) is 4.90 Å². The van der Waals surface area contributed by atoms with Gasteiger partial charge in [-0.3, -0.25) is 4.79 Å². The minimum absolute atomic E-state index is 0.0995. The molecule has 1 aliphatic heterocycles. The molecule has 0 aliphatic carbocycles. The second-order valence-electron chi connectivity index (χ2n) is 5.12. The molecule has 0 spiro atoms. The van der Waals surface area contributed by atoms with E-state index in [0.29, 0.717) is 23.0 Å². The Morgan fingerprint density at radius 3 is 2.75 bits per heavy atom. The molecule has 2 rings (SSSR count). The molecule has 1 fully saturated rings. The summed E-state index contributed by atoms with van der Waals surface area (Å²) in [5.74, 6) is -1.75. The molecule has 110 valence electrons. The van der Waals surface area contributed by atoms with Crippen molar-refractivity contribution < 1.29 is 18.0 Å². The first-order valence-corrected chi connectivity index (χ1v) is 7.20. The lowest BCUT2D eigenvalue weighted by Gasteiger charge is -2.34. The number of carbonyl (C=O) groups is 1. The van der Waals surface area contributed by atoms with E-state index in [9.17, 15) is 18.0 Å². The average molecular weight is 350 g/mol. The van der Waals surface area contributed by atoms with Crippen LogP contribution in [0.5, 0.6) is 0 Å². The quantitative estimate of drug-likeness (QED) is 0.744. The number of halogens is 4. The Bertz CT molecular complexity index is 516. The van der Waals surface area contributed by atoms with Crippen LogP contribution in [-0.2, 0) is 0 Å². The maximum Gasteiger partial charge on any atom is 0.393 e. The molecule has 1 aromatic rings. The van der Waals surface area contributed by atoms with Crippen LogP contribution >= 0.6 is 15.9 Å². The molecule has 0 bridgehead atoms. The van der Waals surface area contributed by atoms with Crippen LogP contribution in [0.15, 0.2) is 22.7 Å². The van der Waals surface area contributed by atoms with Gasteiger partial charge in [0.15, 0.2) is 0 Å². The lowest BCUT2D eigenvalue weighted by molar-refractivity contribution is -0.184. The van der Waals surface area contributed by atoms with Crippen molar-refractivity contribution in [3.8, 4) is 0 Å². The molecular formula is C14H15BrF3NO. The number of benzene rings is 1. The van der Waals surface area contributed by atoms with E-state index in [1.807, 2.05) is 13.0 Å². The Morgan fingerprint density at radius 1 is 1.40 bits per heavy atom. The van der Waals surface area contributed by atoms with Gasteiger partial charge in [-0.25, -0.2) is 0 Å². The molecule has 0 radical (unpaired) electrons. The summed E-state index contributed by atoms with van der Waals surface area (Å²) in [5, 5.41) is 0. The largest absolute Gasteiger partial charge is 0.393 e. The zero-order valence-electron chi connectivity index (χ0n) is 11.0. The Kier molecular flexibility index (Phi) is 4.42. The molecule has 0 saturated carbocycles. The van der Waals surface area contributed by atoms with Gasteiger partial charge in [0.2, 0.25) is 0 Å². The molecule has 1 aliphatic rings. The van der Waals surface area contributed by atoms with Crippen molar-refractivity contribution in [2.45, 2.75) is 25.9 Å². The lowest BCUT2D eigenvalue weighted by Crippen LogP contribution is -2.44. The highest BCUT2D eigenvalue weighted by Gasteiger charge is 2.42. The smallest absolute Gasteiger partial charge is 0.338 e. The van der Waals surface area contributed by atoms with Gasteiger partial charge in [-0.05, 0) is 47.8 Å². The highest BCUT2D eigenvalue weighted by molar-refractivity contribution is 9.10. The highest BCUT2D eigenvalue weighted by atomic mass is 79.9. The van der Waals surface area contributed by atoms with E-state index in [1.54, 1.807) is 12.1 Å². The molecule has 1 heterocycles. The number of hydrogen-bond donors (Lipinski definition) is 0. The summed E-state index contributed by atoms with van der Waals surface area (Å²) >= 11 is 3.28. The van der Waals surface area contributed by atoms with Crippen LogP contribution in [0.3, 0.4) is 0 Å². The minimum Gasteiger partial charge on any atom is -0.338 e. The minimum atomic E-state index is -4.23. The summed E-state index contributed by atoms with van der Waals surface area (Å²) in [6.45, 7) is 1.98. The van der Waals surface area contributed by atoms with Crippen LogP contribution in [0.1, 0.15) is 28.8 Å². The predicted octanol–water partition coefficient (Wildman–Crippen LogP) is 4.17. The van der Waals surface area contributed by atoms with Gasteiger partial charge in [-0.15, -0.1) is 0 Å². The fraction of sp³-hybridized carbons (Fsp3) is 0.500. The number of likely N-dealkylation sites (tertiary alicyclic amines) is 1. The maximum atomic E-state index is 12.8. The summed E-state index contributed by atoms with van der Waals surface area (Å²) in [5.41, 5.74) is 1.33. The summed E-state index contributed by atoms with van der Waals surface area (Å²) < 4.78 is 38.9. The maximum absolute atomic E-state index is 12.8. The third-order valence-electron chi connectivity index (χ3n) is 3.52. The van der Waals surface area contributed by atoms with Crippen molar-refractivity contribution >= 4 is 21.8 Å². The second kappa shape index (κ2) is 5.76. The number of alkyl halides is 3.